The molecule has 2 aliphatic rings. The van der Waals surface area contributed by atoms with E-state index < -0.39 is 6.04 Å². The molecule has 1 atom stereocenters. The zero-order valence-electron chi connectivity index (χ0n) is 16.2. The molecule has 1 N–H and O–H groups in total. The standard InChI is InChI=1S/C18H32N4O4/c1-14(2)18(15(3)23)19-16(24)12-20-4-6-22(7-5-20)17(25)13-21-8-10-26-11-9-21/h14,18H,4-13H2,1-3H3,(H,19,24). The summed E-state index contributed by atoms with van der Waals surface area (Å²) in [5, 5.41) is 2.82. The highest BCUT2D eigenvalue weighted by Gasteiger charge is 2.26. The van der Waals surface area contributed by atoms with E-state index in [0.29, 0.717) is 45.9 Å². The number of ketones is 1. The van der Waals surface area contributed by atoms with Crippen molar-refractivity contribution >= 4 is 17.6 Å². The van der Waals surface area contributed by atoms with Crippen molar-refractivity contribution in [2.75, 3.05) is 65.6 Å². The highest BCUT2D eigenvalue weighted by molar-refractivity contribution is 5.88. The summed E-state index contributed by atoms with van der Waals surface area (Å²) in [6.07, 6.45) is 0. The molecule has 0 spiro atoms. The van der Waals surface area contributed by atoms with E-state index in [1.54, 1.807) is 0 Å². The van der Waals surface area contributed by atoms with Crippen molar-refractivity contribution < 1.29 is 19.1 Å². The number of carbonyl (C=O) groups excluding carboxylic acids is 3. The van der Waals surface area contributed by atoms with Gasteiger partial charge < -0.3 is 15.0 Å². The van der Waals surface area contributed by atoms with Gasteiger partial charge in [0.15, 0.2) is 5.78 Å². The van der Waals surface area contributed by atoms with Crippen LogP contribution in [0.25, 0.3) is 0 Å². The number of amides is 2. The van der Waals surface area contributed by atoms with E-state index in [1.165, 1.54) is 6.92 Å². The van der Waals surface area contributed by atoms with Crippen molar-refractivity contribution in [3.63, 3.8) is 0 Å². The van der Waals surface area contributed by atoms with Crippen molar-refractivity contribution in [1.29, 1.82) is 0 Å². The Morgan fingerprint density at radius 1 is 0.923 bits per heavy atom. The van der Waals surface area contributed by atoms with Gasteiger partial charge in [-0.05, 0) is 12.8 Å². The van der Waals surface area contributed by atoms with Gasteiger partial charge in [-0.25, -0.2) is 0 Å². The van der Waals surface area contributed by atoms with Gasteiger partial charge in [0.2, 0.25) is 11.8 Å². The van der Waals surface area contributed by atoms with Crippen molar-refractivity contribution in [3.05, 3.63) is 0 Å². The summed E-state index contributed by atoms with van der Waals surface area (Å²) in [7, 11) is 0. The lowest BCUT2D eigenvalue weighted by Crippen LogP contribution is -2.54. The van der Waals surface area contributed by atoms with Crippen LogP contribution < -0.4 is 5.32 Å². The lowest BCUT2D eigenvalue weighted by Gasteiger charge is -2.36. The predicted molar refractivity (Wildman–Crippen MR) is 97.7 cm³/mol. The largest absolute Gasteiger partial charge is 0.379 e. The van der Waals surface area contributed by atoms with Crippen molar-refractivity contribution in [2.45, 2.75) is 26.8 Å². The first kappa shape index (κ1) is 20.8. The summed E-state index contributed by atoms with van der Waals surface area (Å²) in [5.74, 6) is 0.0671. The molecule has 0 saturated carbocycles. The van der Waals surface area contributed by atoms with Crippen molar-refractivity contribution in [3.8, 4) is 0 Å². The van der Waals surface area contributed by atoms with Crippen LogP contribution in [0, 0.1) is 5.92 Å². The zero-order chi connectivity index (χ0) is 19.1. The molecule has 0 radical (unpaired) electrons. The van der Waals surface area contributed by atoms with Gasteiger partial charge in [-0.1, -0.05) is 13.8 Å². The van der Waals surface area contributed by atoms with Crippen molar-refractivity contribution in [2.24, 2.45) is 5.92 Å². The molecule has 1 unspecified atom stereocenters. The lowest BCUT2D eigenvalue weighted by atomic mass is 10.0. The summed E-state index contributed by atoms with van der Waals surface area (Å²) in [6.45, 7) is 11.7. The van der Waals surface area contributed by atoms with Gasteiger partial charge in [0.05, 0.1) is 32.3 Å². The maximum atomic E-state index is 12.4. The molecule has 8 nitrogen and oxygen atoms in total. The third kappa shape index (κ3) is 6.34. The Morgan fingerprint density at radius 3 is 2.04 bits per heavy atom. The lowest BCUT2D eigenvalue weighted by molar-refractivity contribution is -0.135. The predicted octanol–water partition coefficient (Wildman–Crippen LogP) is -0.807. The van der Waals surface area contributed by atoms with E-state index in [-0.39, 0.29) is 30.1 Å². The normalized spacial score (nSPS) is 20.8. The number of Topliss-reactive ketones (excluding diaryl/α,β-unsaturated/α-hetero) is 1. The van der Waals surface area contributed by atoms with Crippen LogP contribution in [-0.4, -0.2) is 104 Å². The first-order valence-electron chi connectivity index (χ1n) is 9.47. The van der Waals surface area contributed by atoms with Crippen LogP contribution in [0.1, 0.15) is 20.8 Å². The number of hydrogen-bond acceptors (Lipinski definition) is 6. The van der Waals surface area contributed by atoms with E-state index in [0.717, 1.165) is 13.1 Å². The third-order valence-corrected chi connectivity index (χ3v) is 4.98. The molecule has 0 aromatic heterocycles. The minimum absolute atomic E-state index is 0.0214. The van der Waals surface area contributed by atoms with Crippen LogP contribution >= 0.6 is 0 Å². The molecular weight excluding hydrogens is 336 g/mol. The number of piperazine rings is 1. The molecular formula is C18H32N4O4. The van der Waals surface area contributed by atoms with E-state index in [4.69, 9.17) is 4.74 Å². The molecule has 2 saturated heterocycles. The maximum Gasteiger partial charge on any atom is 0.236 e. The van der Waals surface area contributed by atoms with Crippen molar-refractivity contribution in [1.82, 2.24) is 20.0 Å². The molecule has 8 heteroatoms. The average Bonchev–Trinajstić information content (AvgIpc) is 2.60. The van der Waals surface area contributed by atoms with Gasteiger partial charge in [0.1, 0.15) is 0 Å². The minimum atomic E-state index is -0.432. The Bertz CT molecular complexity index is 497. The molecule has 2 aliphatic heterocycles. The van der Waals surface area contributed by atoms with E-state index in [1.807, 2.05) is 23.6 Å². The fraction of sp³-hybridized carbons (Fsp3) is 0.833. The fourth-order valence-corrected chi connectivity index (χ4v) is 3.37. The maximum absolute atomic E-state index is 12.4. The summed E-state index contributed by atoms with van der Waals surface area (Å²) < 4.78 is 5.30. The topological polar surface area (TPSA) is 82.2 Å². The van der Waals surface area contributed by atoms with Crippen LogP contribution in [0.4, 0.5) is 0 Å². The summed E-state index contributed by atoms with van der Waals surface area (Å²) in [6, 6.07) is -0.432. The van der Waals surface area contributed by atoms with Crippen LogP contribution in [0.2, 0.25) is 0 Å². The molecule has 0 aromatic carbocycles. The second-order valence-corrected chi connectivity index (χ2v) is 7.45. The summed E-state index contributed by atoms with van der Waals surface area (Å²) in [5.41, 5.74) is 0. The Morgan fingerprint density at radius 2 is 1.50 bits per heavy atom. The van der Waals surface area contributed by atoms with Crippen LogP contribution in [-0.2, 0) is 19.1 Å². The van der Waals surface area contributed by atoms with Gasteiger partial charge in [0.25, 0.3) is 0 Å². The Hall–Kier alpha value is -1.51. The number of morpholine rings is 1. The minimum Gasteiger partial charge on any atom is -0.379 e. The number of nitrogens with zero attached hydrogens (tertiary/aromatic N) is 3. The molecule has 148 valence electrons. The van der Waals surface area contributed by atoms with Gasteiger partial charge in [-0.3, -0.25) is 24.2 Å². The van der Waals surface area contributed by atoms with Crippen LogP contribution in [0.5, 0.6) is 0 Å². The number of rotatable bonds is 7. The molecule has 0 aliphatic carbocycles. The molecule has 2 rings (SSSR count). The smallest absolute Gasteiger partial charge is 0.236 e. The van der Waals surface area contributed by atoms with E-state index in [2.05, 4.69) is 10.2 Å². The zero-order valence-corrected chi connectivity index (χ0v) is 16.2. The molecule has 26 heavy (non-hydrogen) atoms. The molecule has 0 bridgehead atoms. The monoisotopic (exact) mass is 368 g/mol. The quantitative estimate of drug-likeness (QED) is 0.633. The molecule has 2 amide bonds. The first-order chi connectivity index (χ1) is 12.4. The highest BCUT2D eigenvalue weighted by Crippen LogP contribution is 2.06. The number of hydrogen-bond donors (Lipinski definition) is 1. The average molecular weight is 368 g/mol. The van der Waals surface area contributed by atoms with Gasteiger partial charge in [0, 0.05) is 39.3 Å². The summed E-state index contributed by atoms with van der Waals surface area (Å²) >= 11 is 0. The SMILES string of the molecule is CC(=O)C(NC(=O)CN1CCN(C(=O)CN2CCOCC2)CC1)C(C)C. The molecule has 2 fully saturated rings. The van der Waals surface area contributed by atoms with E-state index in [9.17, 15) is 14.4 Å². The second-order valence-electron chi connectivity index (χ2n) is 7.45. The van der Waals surface area contributed by atoms with Crippen LogP contribution in [0.3, 0.4) is 0 Å². The van der Waals surface area contributed by atoms with Gasteiger partial charge >= 0.3 is 0 Å². The van der Waals surface area contributed by atoms with Crippen LogP contribution in [0.15, 0.2) is 0 Å². The number of carbonyl (C=O) groups is 3. The number of ether oxygens (including phenoxy) is 1. The Kier molecular flexibility index (Phi) is 7.99. The third-order valence-electron chi connectivity index (χ3n) is 4.98. The summed E-state index contributed by atoms with van der Waals surface area (Å²) in [4.78, 5) is 42.2. The fourth-order valence-electron chi connectivity index (χ4n) is 3.37. The second kappa shape index (κ2) is 9.99. The first-order valence-corrected chi connectivity index (χ1v) is 9.47. The number of nitrogens with one attached hydrogen (secondary N) is 1. The Balaban J connectivity index is 1.71. The van der Waals surface area contributed by atoms with Gasteiger partial charge in [-0.2, -0.15) is 0 Å². The Labute approximate surface area is 155 Å². The molecule has 0 aromatic rings. The highest BCUT2D eigenvalue weighted by atomic mass is 16.5. The van der Waals surface area contributed by atoms with E-state index >= 15 is 0 Å². The molecule has 2 heterocycles. The van der Waals surface area contributed by atoms with Gasteiger partial charge in [-0.15, -0.1) is 0 Å².